The van der Waals surface area contributed by atoms with Gasteiger partial charge in [-0.25, -0.2) is 4.79 Å². The van der Waals surface area contributed by atoms with Crippen LogP contribution in [-0.4, -0.2) is 68.2 Å². The predicted molar refractivity (Wildman–Crippen MR) is 128 cm³/mol. The number of nitrogens with one attached hydrogen (secondary N) is 2. The number of rotatable bonds is 12. The van der Waals surface area contributed by atoms with E-state index in [-0.39, 0.29) is 30.9 Å². The second-order valence-corrected chi connectivity index (χ2v) is 8.05. The number of amides is 2. The number of hydrogen-bond acceptors (Lipinski definition) is 7. The Bertz CT molecular complexity index is 714. The van der Waals surface area contributed by atoms with Gasteiger partial charge >= 0.3 is 12.1 Å². The molecule has 1 heterocycles. The van der Waals surface area contributed by atoms with E-state index in [1.807, 2.05) is 35.2 Å². The van der Waals surface area contributed by atoms with Crippen LogP contribution in [0.4, 0.5) is 4.79 Å². The van der Waals surface area contributed by atoms with E-state index in [1.165, 1.54) is 6.92 Å². The quantitative estimate of drug-likeness (QED) is 0.305. The minimum Gasteiger partial charge on any atom is -0.466 e. The fourth-order valence-electron chi connectivity index (χ4n) is 3.57. The van der Waals surface area contributed by atoms with Gasteiger partial charge in [-0.2, -0.15) is 0 Å². The summed E-state index contributed by atoms with van der Waals surface area (Å²) in [6.07, 6.45) is 2.90. The van der Waals surface area contributed by atoms with Crippen molar-refractivity contribution in [3.8, 4) is 0 Å². The molecule has 186 valence electrons. The van der Waals surface area contributed by atoms with Crippen molar-refractivity contribution in [1.82, 2.24) is 15.5 Å². The van der Waals surface area contributed by atoms with Crippen molar-refractivity contribution in [3.05, 3.63) is 35.9 Å². The van der Waals surface area contributed by atoms with Crippen LogP contribution in [0, 0.1) is 5.92 Å². The molecule has 0 bridgehead atoms. The molecule has 0 spiro atoms. The van der Waals surface area contributed by atoms with E-state index >= 15 is 0 Å². The Hall–Kier alpha value is -2.36. The van der Waals surface area contributed by atoms with Gasteiger partial charge in [0.25, 0.3) is 0 Å². The molecule has 1 aromatic carbocycles. The lowest BCUT2D eigenvalue weighted by atomic mass is 9.93. The molecular weight excluding hydrogens is 448 g/mol. The van der Waals surface area contributed by atoms with E-state index in [0.717, 1.165) is 24.8 Å². The topological polar surface area (TPSA) is 123 Å². The number of halogens is 1. The Morgan fingerprint density at radius 2 is 1.82 bits per heavy atom. The fourth-order valence-corrected chi connectivity index (χ4v) is 3.57. The van der Waals surface area contributed by atoms with Crippen LogP contribution in [0.25, 0.3) is 0 Å². The number of piperidine rings is 1. The van der Waals surface area contributed by atoms with Crippen LogP contribution in [0.5, 0.6) is 0 Å². The Labute approximate surface area is 202 Å². The van der Waals surface area contributed by atoms with Gasteiger partial charge in [-0.15, -0.1) is 12.4 Å². The van der Waals surface area contributed by atoms with Crippen molar-refractivity contribution in [3.63, 3.8) is 0 Å². The third kappa shape index (κ3) is 11.9. The molecule has 1 aromatic rings. The normalized spacial score (nSPS) is 14.7. The highest BCUT2D eigenvalue weighted by Gasteiger charge is 2.26. The molecule has 0 unspecified atom stereocenters. The van der Waals surface area contributed by atoms with E-state index in [0.29, 0.717) is 51.7 Å². The molecule has 2 rings (SSSR count). The summed E-state index contributed by atoms with van der Waals surface area (Å²) in [4.78, 5) is 36.9. The number of carbonyl (C=O) groups is 3. The van der Waals surface area contributed by atoms with Gasteiger partial charge in [-0.05, 0) is 43.7 Å². The number of esters is 1. The average molecular weight is 485 g/mol. The molecule has 0 saturated carbocycles. The largest absolute Gasteiger partial charge is 0.466 e. The zero-order valence-electron chi connectivity index (χ0n) is 19.3. The second kappa shape index (κ2) is 16.3. The number of hydrogen-bond donors (Lipinski definition) is 3. The van der Waals surface area contributed by atoms with E-state index in [9.17, 15) is 14.4 Å². The van der Waals surface area contributed by atoms with Crippen molar-refractivity contribution in [2.75, 3.05) is 39.3 Å². The number of ether oxygens (including phenoxy) is 2. The summed E-state index contributed by atoms with van der Waals surface area (Å²) in [6.45, 7) is 4.97. The maximum Gasteiger partial charge on any atom is 0.407 e. The van der Waals surface area contributed by atoms with E-state index in [4.69, 9.17) is 15.2 Å². The molecule has 9 nitrogen and oxygen atoms in total. The van der Waals surface area contributed by atoms with Gasteiger partial charge in [-0.1, -0.05) is 30.3 Å². The highest BCUT2D eigenvalue weighted by molar-refractivity contribution is 5.85. The number of likely N-dealkylation sites (tertiary alicyclic amines) is 1. The van der Waals surface area contributed by atoms with Gasteiger partial charge < -0.3 is 30.7 Å². The molecule has 1 fully saturated rings. The van der Waals surface area contributed by atoms with Crippen LogP contribution in [-0.2, 0) is 25.7 Å². The van der Waals surface area contributed by atoms with Gasteiger partial charge in [0, 0.05) is 33.1 Å². The average Bonchev–Trinajstić information content (AvgIpc) is 2.80. The van der Waals surface area contributed by atoms with Crippen molar-refractivity contribution >= 4 is 30.4 Å². The Morgan fingerprint density at radius 1 is 1.12 bits per heavy atom. The molecular formula is C23H37ClN4O5. The molecule has 2 amide bonds. The first-order valence-electron chi connectivity index (χ1n) is 11.3. The molecule has 1 aliphatic rings. The summed E-state index contributed by atoms with van der Waals surface area (Å²) in [7, 11) is 0. The SMILES string of the molecule is CC(=O)OCCC1CCN(C(=O)[C@@H](N)CNCCCNC(=O)OCc2ccccc2)CC1.Cl. The zero-order valence-corrected chi connectivity index (χ0v) is 20.1. The Kier molecular flexibility index (Phi) is 14.1. The number of nitrogens with zero attached hydrogens (tertiary/aromatic N) is 1. The molecule has 4 N–H and O–H groups in total. The summed E-state index contributed by atoms with van der Waals surface area (Å²) in [5.41, 5.74) is 6.99. The number of benzene rings is 1. The minimum absolute atomic E-state index is 0. The number of nitrogens with two attached hydrogens (primary N) is 1. The van der Waals surface area contributed by atoms with Gasteiger partial charge in [-0.3, -0.25) is 9.59 Å². The monoisotopic (exact) mass is 484 g/mol. The van der Waals surface area contributed by atoms with E-state index < -0.39 is 12.1 Å². The second-order valence-electron chi connectivity index (χ2n) is 8.05. The van der Waals surface area contributed by atoms with Crippen LogP contribution in [0.1, 0.15) is 38.2 Å². The van der Waals surface area contributed by atoms with Gasteiger partial charge in [0.15, 0.2) is 0 Å². The highest BCUT2D eigenvalue weighted by Crippen LogP contribution is 2.20. The van der Waals surface area contributed by atoms with Crippen LogP contribution < -0.4 is 16.4 Å². The summed E-state index contributed by atoms with van der Waals surface area (Å²) in [5.74, 6) is 0.174. The van der Waals surface area contributed by atoms with Crippen LogP contribution in [0.15, 0.2) is 30.3 Å². The first-order chi connectivity index (χ1) is 15.5. The molecule has 0 radical (unpaired) electrons. The third-order valence-electron chi connectivity index (χ3n) is 5.45. The smallest absolute Gasteiger partial charge is 0.407 e. The molecule has 1 saturated heterocycles. The molecule has 10 heteroatoms. The molecule has 0 aromatic heterocycles. The minimum atomic E-state index is -0.587. The molecule has 1 atom stereocenters. The summed E-state index contributed by atoms with van der Waals surface area (Å²) >= 11 is 0. The third-order valence-corrected chi connectivity index (χ3v) is 5.45. The van der Waals surface area contributed by atoms with E-state index in [2.05, 4.69) is 10.6 Å². The fraction of sp³-hybridized carbons (Fsp3) is 0.609. The summed E-state index contributed by atoms with van der Waals surface area (Å²) < 4.78 is 10.1. The lowest BCUT2D eigenvalue weighted by Gasteiger charge is -2.33. The maximum atomic E-state index is 12.5. The zero-order chi connectivity index (χ0) is 23.2. The van der Waals surface area contributed by atoms with E-state index in [1.54, 1.807) is 0 Å². The van der Waals surface area contributed by atoms with Gasteiger partial charge in [0.1, 0.15) is 6.61 Å². The van der Waals surface area contributed by atoms with Crippen LogP contribution in [0.2, 0.25) is 0 Å². The Morgan fingerprint density at radius 3 is 2.48 bits per heavy atom. The standard InChI is InChI=1S/C23H36N4O5.ClH/c1-18(28)31-15-10-19-8-13-27(14-9-19)22(29)21(24)16-25-11-5-12-26-23(30)32-17-20-6-3-2-4-7-20;/h2-4,6-7,19,21,25H,5,8-17,24H2,1H3,(H,26,30);1H/t21-;/m0./s1. The Balaban J connectivity index is 0.00000544. The number of alkyl carbamates (subject to hydrolysis) is 1. The molecule has 0 aliphatic carbocycles. The molecule has 33 heavy (non-hydrogen) atoms. The first kappa shape index (κ1) is 28.7. The predicted octanol–water partition coefficient (Wildman–Crippen LogP) is 1.83. The van der Waals surface area contributed by atoms with Gasteiger partial charge in [0.05, 0.1) is 12.6 Å². The first-order valence-corrected chi connectivity index (χ1v) is 11.3. The van der Waals surface area contributed by atoms with Crippen molar-refractivity contribution in [2.45, 2.75) is 45.3 Å². The highest BCUT2D eigenvalue weighted by atomic mass is 35.5. The van der Waals surface area contributed by atoms with Crippen LogP contribution >= 0.6 is 12.4 Å². The summed E-state index contributed by atoms with van der Waals surface area (Å²) in [5, 5.41) is 5.88. The lowest BCUT2D eigenvalue weighted by Crippen LogP contribution is -2.51. The van der Waals surface area contributed by atoms with Crippen molar-refractivity contribution in [1.29, 1.82) is 0 Å². The van der Waals surface area contributed by atoms with Crippen molar-refractivity contribution < 1.29 is 23.9 Å². The van der Waals surface area contributed by atoms with Gasteiger partial charge in [0.2, 0.25) is 5.91 Å². The maximum absolute atomic E-state index is 12.5. The molecule has 1 aliphatic heterocycles. The summed E-state index contributed by atoms with van der Waals surface area (Å²) in [6, 6.07) is 8.91. The van der Waals surface area contributed by atoms with Crippen molar-refractivity contribution in [2.24, 2.45) is 11.7 Å². The number of carbonyl (C=O) groups excluding carboxylic acids is 3. The lowest BCUT2D eigenvalue weighted by molar-refractivity contribution is -0.141. The van der Waals surface area contributed by atoms with Crippen LogP contribution in [0.3, 0.4) is 0 Å².